The third kappa shape index (κ3) is 3.07. The normalized spacial score (nSPS) is 17.9. The van der Waals surface area contributed by atoms with Gasteiger partial charge in [0.1, 0.15) is 0 Å². The summed E-state index contributed by atoms with van der Waals surface area (Å²) in [4.78, 5) is 1.45. The van der Waals surface area contributed by atoms with E-state index in [1.54, 1.807) is 0 Å². The molecule has 0 aliphatic heterocycles. The summed E-state index contributed by atoms with van der Waals surface area (Å²) in [6.45, 7) is 2.72. The Balaban J connectivity index is 1.68. The van der Waals surface area contributed by atoms with Crippen LogP contribution in [-0.4, -0.2) is 5.16 Å². The lowest BCUT2D eigenvalue weighted by Crippen LogP contribution is -2.25. The summed E-state index contributed by atoms with van der Waals surface area (Å²) in [7, 11) is 0. The maximum atomic E-state index is 5.29. The lowest BCUT2D eigenvalue weighted by Gasteiger charge is -2.23. The molecule has 3 nitrogen and oxygen atoms in total. The van der Waals surface area contributed by atoms with E-state index in [-0.39, 0.29) is 0 Å². The fraction of sp³-hybridized carbons (Fsp3) is 0.533. The molecule has 1 N–H and O–H groups in total. The average Bonchev–Trinajstić information content (AvgIpc) is 3.11. The second-order valence-corrected chi connectivity index (χ2v) is 6.33. The van der Waals surface area contributed by atoms with E-state index in [4.69, 9.17) is 4.52 Å². The Bertz CT molecular complexity index is 500. The molecule has 1 fully saturated rings. The van der Waals surface area contributed by atoms with Crippen LogP contribution in [0.5, 0.6) is 0 Å². The molecule has 1 atom stereocenters. The highest BCUT2D eigenvalue weighted by Gasteiger charge is 2.26. The van der Waals surface area contributed by atoms with Crippen molar-refractivity contribution in [2.45, 2.75) is 45.2 Å². The van der Waals surface area contributed by atoms with Gasteiger partial charge in [0.15, 0.2) is 5.76 Å². The van der Waals surface area contributed by atoms with E-state index in [9.17, 15) is 0 Å². The summed E-state index contributed by atoms with van der Waals surface area (Å²) in [6.07, 6.45) is 5.42. The molecule has 0 amide bonds. The molecule has 2 aromatic heterocycles. The molecular formula is C15H20N2OS. The molecule has 2 aromatic rings. The van der Waals surface area contributed by atoms with Crippen molar-refractivity contribution in [3.63, 3.8) is 0 Å². The van der Waals surface area contributed by atoms with Gasteiger partial charge in [0, 0.05) is 17.0 Å². The van der Waals surface area contributed by atoms with Crippen LogP contribution in [0.4, 0.5) is 0 Å². The molecule has 19 heavy (non-hydrogen) atoms. The maximum Gasteiger partial charge on any atom is 0.150 e. The first-order valence-corrected chi connectivity index (χ1v) is 7.90. The van der Waals surface area contributed by atoms with Gasteiger partial charge in [0.25, 0.3) is 0 Å². The van der Waals surface area contributed by atoms with E-state index in [0.717, 1.165) is 23.9 Å². The monoisotopic (exact) mass is 276 g/mol. The quantitative estimate of drug-likeness (QED) is 0.894. The van der Waals surface area contributed by atoms with Crippen LogP contribution in [0.3, 0.4) is 0 Å². The number of thiophene rings is 1. The van der Waals surface area contributed by atoms with Crippen molar-refractivity contribution in [2.75, 3.05) is 0 Å². The van der Waals surface area contributed by atoms with E-state index in [0.29, 0.717) is 6.04 Å². The molecule has 1 aliphatic carbocycles. The fourth-order valence-corrected chi connectivity index (χ4v) is 3.86. The molecule has 0 bridgehead atoms. The SMILES string of the molecule is Cc1cc(CNC(c2cccs2)C2CCCC2)on1. The summed E-state index contributed by atoms with van der Waals surface area (Å²) in [6, 6.07) is 6.86. The van der Waals surface area contributed by atoms with E-state index < -0.39 is 0 Å². The Morgan fingerprint density at radius 2 is 2.32 bits per heavy atom. The molecule has 102 valence electrons. The van der Waals surface area contributed by atoms with E-state index in [1.807, 2.05) is 24.3 Å². The Labute approximate surface area is 118 Å². The van der Waals surface area contributed by atoms with Crippen molar-refractivity contribution in [1.82, 2.24) is 10.5 Å². The highest BCUT2D eigenvalue weighted by molar-refractivity contribution is 7.10. The molecular weight excluding hydrogens is 256 g/mol. The number of aryl methyl sites for hydroxylation is 1. The van der Waals surface area contributed by atoms with E-state index in [2.05, 4.69) is 28.0 Å². The van der Waals surface area contributed by atoms with Crippen molar-refractivity contribution in [2.24, 2.45) is 5.92 Å². The first kappa shape index (κ1) is 12.9. The van der Waals surface area contributed by atoms with Crippen LogP contribution < -0.4 is 5.32 Å². The molecule has 1 unspecified atom stereocenters. The first-order valence-electron chi connectivity index (χ1n) is 7.02. The Morgan fingerprint density at radius 1 is 1.47 bits per heavy atom. The second kappa shape index (κ2) is 5.88. The zero-order valence-corrected chi connectivity index (χ0v) is 12.1. The van der Waals surface area contributed by atoms with E-state index >= 15 is 0 Å². The molecule has 0 radical (unpaired) electrons. The first-order chi connectivity index (χ1) is 9.33. The predicted octanol–water partition coefficient (Wildman–Crippen LogP) is 4.07. The third-order valence-corrected chi connectivity index (χ3v) is 4.85. The Morgan fingerprint density at radius 3 is 2.95 bits per heavy atom. The second-order valence-electron chi connectivity index (χ2n) is 5.35. The van der Waals surface area contributed by atoms with Crippen molar-refractivity contribution in [3.8, 4) is 0 Å². The minimum atomic E-state index is 0.466. The lowest BCUT2D eigenvalue weighted by molar-refractivity contribution is 0.327. The number of rotatable bonds is 5. The topological polar surface area (TPSA) is 38.1 Å². The molecule has 0 aromatic carbocycles. The number of aromatic nitrogens is 1. The Kier molecular flexibility index (Phi) is 3.99. The van der Waals surface area contributed by atoms with Gasteiger partial charge in [-0.15, -0.1) is 11.3 Å². The summed E-state index contributed by atoms with van der Waals surface area (Å²) in [5, 5.41) is 9.78. The highest BCUT2D eigenvalue weighted by Crippen LogP contribution is 2.37. The van der Waals surface area contributed by atoms with Crippen LogP contribution in [0, 0.1) is 12.8 Å². The van der Waals surface area contributed by atoms with Crippen LogP contribution in [0.25, 0.3) is 0 Å². The van der Waals surface area contributed by atoms with Crippen LogP contribution in [0.2, 0.25) is 0 Å². The molecule has 4 heteroatoms. The largest absolute Gasteiger partial charge is 0.360 e. The molecule has 1 aliphatic rings. The molecule has 2 heterocycles. The van der Waals surface area contributed by atoms with Gasteiger partial charge in [-0.05, 0) is 37.1 Å². The number of nitrogens with zero attached hydrogens (tertiary/aromatic N) is 1. The standard InChI is InChI=1S/C15H20N2OS/c1-11-9-13(18-17-11)10-16-15(12-5-2-3-6-12)14-7-4-8-19-14/h4,7-9,12,15-16H,2-3,5-6,10H2,1H3. The Hall–Kier alpha value is -1.13. The number of nitrogens with one attached hydrogen (secondary N) is 1. The van der Waals surface area contributed by atoms with Crippen LogP contribution >= 0.6 is 11.3 Å². The highest BCUT2D eigenvalue weighted by atomic mass is 32.1. The number of hydrogen-bond acceptors (Lipinski definition) is 4. The molecule has 3 rings (SSSR count). The summed E-state index contributed by atoms with van der Waals surface area (Å²) < 4.78 is 5.29. The summed E-state index contributed by atoms with van der Waals surface area (Å²) in [5.74, 6) is 1.69. The minimum absolute atomic E-state index is 0.466. The maximum absolute atomic E-state index is 5.29. The van der Waals surface area contributed by atoms with Gasteiger partial charge < -0.3 is 9.84 Å². The molecule has 1 saturated carbocycles. The van der Waals surface area contributed by atoms with Gasteiger partial charge in [-0.3, -0.25) is 0 Å². The van der Waals surface area contributed by atoms with Crippen LogP contribution in [-0.2, 0) is 6.54 Å². The predicted molar refractivity (Wildman–Crippen MR) is 77.1 cm³/mol. The van der Waals surface area contributed by atoms with E-state index in [1.165, 1.54) is 30.6 Å². The zero-order chi connectivity index (χ0) is 13.1. The summed E-state index contributed by atoms with van der Waals surface area (Å²) >= 11 is 1.85. The van der Waals surface area contributed by atoms with Crippen molar-refractivity contribution in [3.05, 3.63) is 39.9 Å². The van der Waals surface area contributed by atoms with Gasteiger partial charge >= 0.3 is 0 Å². The summed E-state index contributed by atoms with van der Waals surface area (Å²) in [5.41, 5.74) is 0.949. The van der Waals surface area contributed by atoms with Crippen molar-refractivity contribution < 1.29 is 4.52 Å². The average molecular weight is 276 g/mol. The molecule has 0 saturated heterocycles. The van der Waals surface area contributed by atoms with Crippen LogP contribution in [0.1, 0.15) is 48.1 Å². The van der Waals surface area contributed by atoms with Gasteiger partial charge in [-0.2, -0.15) is 0 Å². The minimum Gasteiger partial charge on any atom is -0.360 e. The van der Waals surface area contributed by atoms with Crippen LogP contribution in [0.15, 0.2) is 28.1 Å². The van der Waals surface area contributed by atoms with Crippen molar-refractivity contribution in [1.29, 1.82) is 0 Å². The van der Waals surface area contributed by atoms with Gasteiger partial charge in [-0.25, -0.2) is 0 Å². The smallest absolute Gasteiger partial charge is 0.150 e. The van der Waals surface area contributed by atoms with Crippen molar-refractivity contribution >= 4 is 11.3 Å². The fourth-order valence-electron chi connectivity index (χ4n) is 2.97. The van der Waals surface area contributed by atoms with Gasteiger partial charge in [0.2, 0.25) is 0 Å². The number of hydrogen-bond donors (Lipinski definition) is 1. The zero-order valence-electron chi connectivity index (χ0n) is 11.3. The lowest BCUT2D eigenvalue weighted by atomic mass is 9.96. The third-order valence-electron chi connectivity index (χ3n) is 3.89. The molecule has 0 spiro atoms. The van der Waals surface area contributed by atoms with Gasteiger partial charge in [-0.1, -0.05) is 24.1 Å². The van der Waals surface area contributed by atoms with Gasteiger partial charge in [0.05, 0.1) is 12.2 Å².